The number of carbonyl (C=O) groups excluding carboxylic acids is 1. The largest absolute Gasteiger partial charge is 0.340 e. The van der Waals surface area contributed by atoms with Crippen LogP contribution >= 0.6 is 0 Å². The van der Waals surface area contributed by atoms with Crippen molar-refractivity contribution < 1.29 is 4.79 Å². The zero-order chi connectivity index (χ0) is 13.7. The summed E-state index contributed by atoms with van der Waals surface area (Å²) >= 11 is 0. The number of rotatable bonds is 3. The van der Waals surface area contributed by atoms with E-state index in [-0.39, 0.29) is 5.91 Å². The Bertz CT molecular complexity index is 646. The van der Waals surface area contributed by atoms with Crippen molar-refractivity contribution in [3.63, 3.8) is 0 Å². The van der Waals surface area contributed by atoms with Crippen LogP contribution in [-0.2, 0) is 4.79 Å². The van der Waals surface area contributed by atoms with E-state index in [1.54, 1.807) is 30.3 Å². The molecule has 94 valence electrons. The molecule has 0 aliphatic carbocycles. The van der Waals surface area contributed by atoms with Crippen LogP contribution in [0.5, 0.6) is 0 Å². The van der Waals surface area contributed by atoms with Gasteiger partial charge < -0.3 is 10.6 Å². The molecule has 5 heteroatoms. The Kier molecular flexibility index (Phi) is 3.74. The van der Waals surface area contributed by atoms with E-state index in [2.05, 4.69) is 15.6 Å². The average molecular weight is 252 g/mol. The number of benzene rings is 1. The van der Waals surface area contributed by atoms with Crippen molar-refractivity contribution in [3.05, 3.63) is 48.2 Å². The van der Waals surface area contributed by atoms with E-state index in [0.29, 0.717) is 17.2 Å². The molecule has 0 unspecified atom stereocenters. The van der Waals surface area contributed by atoms with E-state index >= 15 is 0 Å². The molecule has 2 rings (SSSR count). The van der Waals surface area contributed by atoms with Gasteiger partial charge in [-0.25, -0.2) is 4.98 Å². The van der Waals surface area contributed by atoms with E-state index in [0.717, 1.165) is 5.69 Å². The molecule has 19 heavy (non-hydrogen) atoms. The molecule has 0 fully saturated rings. The lowest BCUT2D eigenvalue weighted by Crippen LogP contribution is -2.05. The van der Waals surface area contributed by atoms with Crippen molar-refractivity contribution in [2.45, 2.75) is 6.92 Å². The highest BCUT2D eigenvalue weighted by atomic mass is 16.1. The maximum absolute atomic E-state index is 11.0. The summed E-state index contributed by atoms with van der Waals surface area (Å²) in [7, 11) is 0. The zero-order valence-electron chi connectivity index (χ0n) is 10.3. The number of hydrogen-bond acceptors (Lipinski definition) is 4. The molecule has 1 aromatic carbocycles. The fourth-order valence-electron chi connectivity index (χ4n) is 1.59. The van der Waals surface area contributed by atoms with Gasteiger partial charge >= 0.3 is 0 Å². The Balaban J connectivity index is 2.18. The summed E-state index contributed by atoms with van der Waals surface area (Å²) in [5, 5.41) is 14.6. The van der Waals surface area contributed by atoms with Gasteiger partial charge in [-0.05, 0) is 30.3 Å². The summed E-state index contributed by atoms with van der Waals surface area (Å²) in [6, 6.07) is 14.4. The fourth-order valence-corrected chi connectivity index (χ4v) is 1.59. The molecule has 2 N–H and O–H groups in total. The van der Waals surface area contributed by atoms with Crippen molar-refractivity contribution in [1.29, 1.82) is 5.26 Å². The maximum Gasteiger partial charge on any atom is 0.221 e. The van der Waals surface area contributed by atoms with Crippen LogP contribution in [0.15, 0.2) is 42.5 Å². The molecule has 1 heterocycles. The van der Waals surface area contributed by atoms with Crippen LogP contribution in [-0.4, -0.2) is 10.9 Å². The maximum atomic E-state index is 11.0. The monoisotopic (exact) mass is 252 g/mol. The lowest BCUT2D eigenvalue weighted by atomic mass is 10.2. The molecule has 1 amide bonds. The van der Waals surface area contributed by atoms with E-state index < -0.39 is 0 Å². The summed E-state index contributed by atoms with van der Waals surface area (Å²) in [4.78, 5) is 15.1. The van der Waals surface area contributed by atoms with Crippen LogP contribution < -0.4 is 10.6 Å². The molecule has 0 spiro atoms. The SMILES string of the molecule is CC(=O)Nc1cccc(Nc2cccc(C#N)n2)c1. The number of nitriles is 1. The third-order valence-corrected chi connectivity index (χ3v) is 2.32. The first-order valence-electron chi connectivity index (χ1n) is 5.69. The van der Waals surface area contributed by atoms with Crippen LogP contribution in [0.2, 0.25) is 0 Å². The molecule has 1 aromatic heterocycles. The van der Waals surface area contributed by atoms with Gasteiger partial charge in [0.25, 0.3) is 0 Å². The fraction of sp³-hybridized carbons (Fsp3) is 0.0714. The van der Waals surface area contributed by atoms with Crippen molar-refractivity contribution in [3.8, 4) is 6.07 Å². The Labute approximate surface area is 110 Å². The minimum atomic E-state index is -0.123. The second-order valence-corrected chi connectivity index (χ2v) is 3.91. The van der Waals surface area contributed by atoms with Gasteiger partial charge in [0.2, 0.25) is 5.91 Å². The lowest BCUT2D eigenvalue weighted by Gasteiger charge is -2.08. The Morgan fingerprint density at radius 1 is 1.21 bits per heavy atom. The summed E-state index contributed by atoms with van der Waals surface area (Å²) in [6.45, 7) is 1.46. The third kappa shape index (κ3) is 3.54. The molecule has 0 saturated carbocycles. The Morgan fingerprint density at radius 3 is 2.68 bits per heavy atom. The van der Waals surface area contributed by atoms with Crippen molar-refractivity contribution in [2.24, 2.45) is 0 Å². The number of nitrogens with zero attached hydrogens (tertiary/aromatic N) is 2. The Hall–Kier alpha value is -2.87. The molecule has 0 saturated heterocycles. The van der Waals surface area contributed by atoms with Crippen LogP contribution in [0.4, 0.5) is 17.2 Å². The average Bonchev–Trinajstić information content (AvgIpc) is 2.38. The van der Waals surface area contributed by atoms with Crippen molar-refractivity contribution in [2.75, 3.05) is 10.6 Å². The lowest BCUT2D eigenvalue weighted by molar-refractivity contribution is -0.114. The van der Waals surface area contributed by atoms with Crippen LogP contribution in [0.25, 0.3) is 0 Å². The van der Waals surface area contributed by atoms with E-state index in [4.69, 9.17) is 5.26 Å². The third-order valence-electron chi connectivity index (χ3n) is 2.32. The van der Waals surface area contributed by atoms with Gasteiger partial charge in [-0.1, -0.05) is 12.1 Å². The quantitative estimate of drug-likeness (QED) is 0.880. The first-order chi connectivity index (χ1) is 9.17. The number of aromatic nitrogens is 1. The second kappa shape index (κ2) is 5.65. The number of hydrogen-bond donors (Lipinski definition) is 2. The highest BCUT2D eigenvalue weighted by molar-refractivity contribution is 5.89. The molecular formula is C14H12N4O. The van der Waals surface area contributed by atoms with Crippen LogP contribution in [0.1, 0.15) is 12.6 Å². The topological polar surface area (TPSA) is 77.8 Å². The van der Waals surface area contributed by atoms with Gasteiger partial charge in [0.05, 0.1) is 0 Å². The van der Waals surface area contributed by atoms with Gasteiger partial charge in [0.1, 0.15) is 17.6 Å². The number of pyridine rings is 1. The van der Waals surface area contributed by atoms with Gasteiger partial charge in [-0.3, -0.25) is 4.79 Å². The normalized spacial score (nSPS) is 9.47. The van der Waals surface area contributed by atoms with Gasteiger partial charge in [-0.2, -0.15) is 5.26 Å². The summed E-state index contributed by atoms with van der Waals surface area (Å²) in [5.74, 6) is 0.459. The zero-order valence-corrected chi connectivity index (χ0v) is 10.3. The standard InChI is InChI=1S/C14H12N4O/c1-10(19)16-11-4-2-5-12(8-11)17-14-7-3-6-13(9-15)18-14/h2-8H,1H3,(H,16,19)(H,17,18). The smallest absolute Gasteiger partial charge is 0.221 e. The number of nitrogens with one attached hydrogen (secondary N) is 2. The van der Waals surface area contributed by atoms with E-state index in [1.165, 1.54) is 6.92 Å². The molecule has 5 nitrogen and oxygen atoms in total. The second-order valence-electron chi connectivity index (χ2n) is 3.91. The molecule has 0 atom stereocenters. The predicted molar refractivity (Wildman–Crippen MR) is 73.0 cm³/mol. The first-order valence-corrected chi connectivity index (χ1v) is 5.69. The Morgan fingerprint density at radius 2 is 1.95 bits per heavy atom. The first kappa shape index (κ1) is 12.6. The van der Waals surface area contributed by atoms with Crippen molar-refractivity contribution >= 4 is 23.1 Å². The molecule has 2 aromatic rings. The molecular weight excluding hydrogens is 240 g/mol. The van der Waals surface area contributed by atoms with Crippen LogP contribution in [0, 0.1) is 11.3 Å². The van der Waals surface area contributed by atoms with E-state index in [9.17, 15) is 4.79 Å². The minimum Gasteiger partial charge on any atom is -0.340 e. The van der Waals surface area contributed by atoms with E-state index in [1.807, 2.05) is 18.2 Å². The minimum absolute atomic E-state index is 0.123. The highest BCUT2D eigenvalue weighted by Gasteiger charge is 2.00. The summed E-state index contributed by atoms with van der Waals surface area (Å²) < 4.78 is 0. The number of amides is 1. The number of anilines is 3. The van der Waals surface area contributed by atoms with Gasteiger partial charge in [-0.15, -0.1) is 0 Å². The summed E-state index contributed by atoms with van der Waals surface area (Å²) in [5.41, 5.74) is 1.84. The molecule has 0 aliphatic heterocycles. The van der Waals surface area contributed by atoms with Gasteiger partial charge in [0.15, 0.2) is 0 Å². The molecule has 0 aliphatic rings. The van der Waals surface area contributed by atoms with Gasteiger partial charge in [0, 0.05) is 18.3 Å². The summed E-state index contributed by atoms with van der Waals surface area (Å²) in [6.07, 6.45) is 0. The highest BCUT2D eigenvalue weighted by Crippen LogP contribution is 2.19. The van der Waals surface area contributed by atoms with Crippen molar-refractivity contribution in [1.82, 2.24) is 4.98 Å². The molecule has 0 radical (unpaired) electrons. The predicted octanol–water partition coefficient (Wildman–Crippen LogP) is 2.66. The molecule has 0 bridgehead atoms. The van der Waals surface area contributed by atoms with Crippen LogP contribution in [0.3, 0.4) is 0 Å². The number of carbonyl (C=O) groups is 1.